The molecule has 0 saturated carbocycles. The second kappa shape index (κ2) is 5.19. The molecule has 8 heteroatoms. The van der Waals surface area contributed by atoms with Gasteiger partial charge in [0.15, 0.2) is 5.69 Å². The SMILES string of the molecule is O=C1C[C@@H](c2ccc(Br)cc2F)c2snc(C(=O)O)c2N1. The molecule has 0 aliphatic carbocycles. The second-order valence-corrected chi connectivity index (χ2v) is 6.27. The van der Waals surface area contributed by atoms with Crippen LogP contribution in [0.25, 0.3) is 0 Å². The number of carboxylic acid groups (broad SMARTS) is 1. The van der Waals surface area contributed by atoms with Crippen molar-refractivity contribution >= 4 is 45.0 Å². The van der Waals surface area contributed by atoms with Crippen LogP contribution in [-0.2, 0) is 4.79 Å². The van der Waals surface area contributed by atoms with Gasteiger partial charge in [0.1, 0.15) is 5.82 Å². The van der Waals surface area contributed by atoms with Gasteiger partial charge in [0.05, 0.1) is 10.6 Å². The van der Waals surface area contributed by atoms with E-state index in [1.807, 2.05) is 0 Å². The number of amides is 1. The number of aromatic carboxylic acids is 1. The average Bonchev–Trinajstić information content (AvgIpc) is 2.81. The lowest BCUT2D eigenvalue weighted by molar-refractivity contribution is -0.116. The van der Waals surface area contributed by atoms with Gasteiger partial charge in [-0.25, -0.2) is 9.18 Å². The molecule has 1 aliphatic heterocycles. The van der Waals surface area contributed by atoms with E-state index in [0.29, 0.717) is 14.9 Å². The number of hydrogen-bond acceptors (Lipinski definition) is 4. The number of aromatic nitrogens is 1. The van der Waals surface area contributed by atoms with Gasteiger partial charge in [-0.05, 0) is 29.2 Å². The highest BCUT2D eigenvalue weighted by Gasteiger charge is 2.34. The van der Waals surface area contributed by atoms with Crippen LogP contribution in [0.1, 0.15) is 33.3 Å². The first-order valence-electron chi connectivity index (χ1n) is 5.95. The lowest BCUT2D eigenvalue weighted by atomic mass is 9.90. The first kappa shape index (κ1) is 14.2. The summed E-state index contributed by atoms with van der Waals surface area (Å²) >= 11 is 4.15. The fraction of sp³-hybridized carbons (Fsp3) is 0.154. The molecule has 2 heterocycles. The molecule has 1 atom stereocenters. The van der Waals surface area contributed by atoms with E-state index in [0.717, 1.165) is 11.5 Å². The zero-order valence-corrected chi connectivity index (χ0v) is 12.8. The predicted molar refractivity (Wildman–Crippen MR) is 78.3 cm³/mol. The summed E-state index contributed by atoms with van der Waals surface area (Å²) in [5, 5.41) is 11.6. The van der Waals surface area contributed by atoms with Crippen LogP contribution < -0.4 is 5.32 Å². The van der Waals surface area contributed by atoms with Gasteiger partial charge >= 0.3 is 5.97 Å². The fourth-order valence-corrected chi connectivity index (χ4v) is 3.58. The van der Waals surface area contributed by atoms with E-state index in [1.54, 1.807) is 12.1 Å². The molecule has 108 valence electrons. The molecule has 0 unspecified atom stereocenters. The number of hydrogen-bond donors (Lipinski definition) is 2. The summed E-state index contributed by atoms with van der Waals surface area (Å²) < 4.78 is 18.6. The largest absolute Gasteiger partial charge is 0.476 e. The van der Waals surface area contributed by atoms with Crippen LogP contribution in [-0.4, -0.2) is 21.4 Å². The van der Waals surface area contributed by atoms with Crippen molar-refractivity contribution in [2.75, 3.05) is 5.32 Å². The first-order chi connectivity index (χ1) is 9.97. The Kier molecular flexibility index (Phi) is 3.50. The number of carbonyl (C=O) groups is 2. The summed E-state index contributed by atoms with van der Waals surface area (Å²) in [6, 6.07) is 4.59. The monoisotopic (exact) mass is 370 g/mol. The third-order valence-corrected chi connectivity index (χ3v) is 4.68. The van der Waals surface area contributed by atoms with Gasteiger partial charge in [-0.15, -0.1) is 0 Å². The summed E-state index contributed by atoms with van der Waals surface area (Å²) in [7, 11) is 0. The highest BCUT2D eigenvalue weighted by atomic mass is 79.9. The molecule has 5 nitrogen and oxygen atoms in total. The van der Waals surface area contributed by atoms with Crippen molar-refractivity contribution in [3.63, 3.8) is 0 Å². The van der Waals surface area contributed by atoms with Gasteiger partial charge in [-0.2, -0.15) is 4.37 Å². The Morgan fingerprint density at radius 2 is 2.29 bits per heavy atom. The Morgan fingerprint density at radius 1 is 1.52 bits per heavy atom. The molecule has 21 heavy (non-hydrogen) atoms. The van der Waals surface area contributed by atoms with Crippen LogP contribution in [0.4, 0.5) is 10.1 Å². The molecule has 1 amide bonds. The van der Waals surface area contributed by atoms with Gasteiger partial charge in [-0.1, -0.05) is 22.0 Å². The van der Waals surface area contributed by atoms with Crippen LogP contribution in [0, 0.1) is 5.82 Å². The van der Waals surface area contributed by atoms with E-state index in [4.69, 9.17) is 5.11 Å². The van der Waals surface area contributed by atoms with Crippen LogP contribution in [0.15, 0.2) is 22.7 Å². The number of rotatable bonds is 2. The van der Waals surface area contributed by atoms with E-state index in [2.05, 4.69) is 25.6 Å². The topological polar surface area (TPSA) is 79.3 Å². The fourth-order valence-electron chi connectivity index (χ4n) is 2.31. The molecule has 1 aromatic carbocycles. The van der Waals surface area contributed by atoms with Gasteiger partial charge in [0.25, 0.3) is 0 Å². The summed E-state index contributed by atoms with van der Waals surface area (Å²) in [5.41, 5.74) is 0.330. The Labute approximate surface area is 131 Å². The molecule has 0 radical (unpaired) electrons. The molecule has 2 aromatic rings. The van der Waals surface area contributed by atoms with Gasteiger partial charge in [-0.3, -0.25) is 4.79 Å². The number of carboxylic acids is 1. The van der Waals surface area contributed by atoms with Crippen molar-refractivity contribution in [3.8, 4) is 0 Å². The lowest BCUT2D eigenvalue weighted by Crippen LogP contribution is -2.24. The number of nitrogens with zero attached hydrogens (tertiary/aromatic N) is 1. The van der Waals surface area contributed by atoms with Crippen molar-refractivity contribution < 1.29 is 19.1 Å². The smallest absolute Gasteiger partial charge is 0.357 e. The van der Waals surface area contributed by atoms with Crippen LogP contribution >= 0.6 is 27.5 Å². The Bertz CT molecular complexity index is 762. The number of benzene rings is 1. The minimum absolute atomic E-state index is 0.0623. The minimum atomic E-state index is -1.22. The minimum Gasteiger partial charge on any atom is -0.476 e. The molecule has 3 rings (SSSR count). The van der Waals surface area contributed by atoms with E-state index in [9.17, 15) is 14.0 Å². The Balaban J connectivity index is 2.13. The third-order valence-electron chi connectivity index (χ3n) is 3.23. The molecule has 2 N–H and O–H groups in total. The number of anilines is 1. The zero-order chi connectivity index (χ0) is 15.1. The molecule has 0 saturated heterocycles. The molecule has 1 aromatic heterocycles. The van der Waals surface area contributed by atoms with Gasteiger partial charge in [0.2, 0.25) is 5.91 Å². The number of fused-ring (bicyclic) bond motifs is 1. The molecule has 0 bridgehead atoms. The first-order valence-corrected chi connectivity index (χ1v) is 7.51. The van der Waals surface area contributed by atoms with Crippen LogP contribution in [0.3, 0.4) is 0 Å². The standard InChI is InChI=1S/C13H8BrFN2O3S/c14-5-1-2-6(8(15)3-5)7-4-9(18)16-10-11(13(19)20)17-21-12(7)10/h1-3,7H,4H2,(H,16,18)(H,19,20)/t7-/m0/s1. The highest BCUT2D eigenvalue weighted by molar-refractivity contribution is 9.10. The van der Waals surface area contributed by atoms with Crippen molar-refractivity contribution in [1.82, 2.24) is 4.37 Å². The normalized spacial score (nSPS) is 17.2. The number of nitrogens with one attached hydrogen (secondary N) is 1. The second-order valence-electron chi connectivity index (χ2n) is 4.55. The third kappa shape index (κ3) is 2.44. The summed E-state index contributed by atoms with van der Waals surface area (Å²) in [4.78, 5) is 23.5. The lowest BCUT2D eigenvalue weighted by Gasteiger charge is -2.22. The van der Waals surface area contributed by atoms with E-state index in [1.165, 1.54) is 6.07 Å². The van der Waals surface area contributed by atoms with Crippen LogP contribution in [0.2, 0.25) is 0 Å². The highest BCUT2D eigenvalue weighted by Crippen LogP contribution is 2.42. The van der Waals surface area contributed by atoms with E-state index < -0.39 is 17.7 Å². The molecular formula is C13H8BrFN2O3S. The van der Waals surface area contributed by atoms with Gasteiger partial charge in [0, 0.05) is 16.8 Å². The molecular weight excluding hydrogens is 363 g/mol. The van der Waals surface area contributed by atoms with Crippen molar-refractivity contribution in [3.05, 3.63) is 44.6 Å². The molecule has 0 fully saturated rings. The van der Waals surface area contributed by atoms with Gasteiger partial charge < -0.3 is 10.4 Å². The maximum atomic E-state index is 14.1. The Hall–Kier alpha value is -1.80. The van der Waals surface area contributed by atoms with Crippen molar-refractivity contribution in [1.29, 1.82) is 0 Å². The zero-order valence-electron chi connectivity index (χ0n) is 10.4. The van der Waals surface area contributed by atoms with Crippen LogP contribution in [0.5, 0.6) is 0 Å². The Morgan fingerprint density at radius 3 is 2.95 bits per heavy atom. The van der Waals surface area contributed by atoms with Crippen molar-refractivity contribution in [2.24, 2.45) is 0 Å². The van der Waals surface area contributed by atoms with E-state index >= 15 is 0 Å². The number of halogens is 2. The van der Waals surface area contributed by atoms with E-state index in [-0.39, 0.29) is 23.7 Å². The predicted octanol–water partition coefficient (Wildman–Crippen LogP) is 3.22. The molecule has 1 aliphatic rings. The maximum Gasteiger partial charge on any atom is 0.357 e. The maximum absolute atomic E-state index is 14.1. The summed E-state index contributed by atoms with van der Waals surface area (Å²) in [6.45, 7) is 0. The summed E-state index contributed by atoms with van der Waals surface area (Å²) in [6.07, 6.45) is 0.0623. The quantitative estimate of drug-likeness (QED) is 0.850. The molecule has 0 spiro atoms. The number of carbonyl (C=O) groups excluding carboxylic acids is 1. The average molecular weight is 371 g/mol. The van der Waals surface area contributed by atoms with Crippen molar-refractivity contribution in [2.45, 2.75) is 12.3 Å². The summed E-state index contributed by atoms with van der Waals surface area (Å²) in [5.74, 6) is -2.53.